The van der Waals surface area contributed by atoms with Gasteiger partial charge in [-0.2, -0.15) is 0 Å². The van der Waals surface area contributed by atoms with Crippen LogP contribution in [-0.2, 0) is 0 Å². The van der Waals surface area contributed by atoms with Crippen molar-refractivity contribution >= 4 is 11.6 Å². The Morgan fingerprint density at radius 1 is 1.31 bits per heavy atom. The van der Waals surface area contributed by atoms with Crippen molar-refractivity contribution in [3.05, 3.63) is 41.0 Å². The topological polar surface area (TPSA) is 26.0 Å². The number of hydrogen-bond donors (Lipinski definition) is 0. The minimum atomic E-state index is 0.701. The summed E-state index contributed by atoms with van der Waals surface area (Å²) in [7, 11) is 0. The van der Waals surface area contributed by atoms with Gasteiger partial charge in [0.15, 0.2) is 5.76 Å². The fourth-order valence-electron chi connectivity index (χ4n) is 1.14. The summed E-state index contributed by atoms with van der Waals surface area (Å²) in [6.07, 6.45) is 0. The lowest BCUT2D eigenvalue weighted by Crippen LogP contribution is -1.72. The first-order chi connectivity index (χ1) is 6.25. The van der Waals surface area contributed by atoms with Crippen LogP contribution in [0.4, 0.5) is 0 Å². The zero-order chi connectivity index (χ0) is 9.26. The molecule has 2 aromatic rings. The summed E-state index contributed by atoms with van der Waals surface area (Å²) in [5.74, 6) is 0.750. The first-order valence-electron chi connectivity index (χ1n) is 3.95. The summed E-state index contributed by atoms with van der Waals surface area (Å²) in [6, 6.07) is 9.38. The molecule has 0 spiro atoms. The second-order valence-electron chi connectivity index (χ2n) is 2.84. The zero-order valence-corrected chi connectivity index (χ0v) is 7.88. The van der Waals surface area contributed by atoms with Crippen molar-refractivity contribution in [1.82, 2.24) is 5.16 Å². The maximum absolute atomic E-state index is 5.84. The van der Waals surface area contributed by atoms with Crippen LogP contribution in [-0.4, -0.2) is 5.16 Å². The SMILES string of the molecule is Cc1cc(-c2cccc(Cl)c2)on1. The van der Waals surface area contributed by atoms with Crippen LogP contribution in [0.5, 0.6) is 0 Å². The molecule has 0 saturated carbocycles. The van der Waals surface area contributed by atoms with Crippen molar-refractivity contribution in [3.63, 3.8) is 0 Å². The molecule has 0 N–H and O–H groups in total. The van der Waals surface area contributed by atoms with Gasteiger partial charge in [0, 0.05) is 16.7 Å². The van der Waals surface area contributed by atoms with Crippen LogP contribution >= 0.6 is 11.6 Å². The van der Waals surface area contributed by atoms with E-state index >= 15 is 0 Å². The smallest absolute Gasteiger partial charge is 0.167 e. The molecule has 1 heterocycles. The van der Waals surface area contributed by atoms with Crippen LogP contribution in [0.25, 0.3) is 11.3 Å². The van der Waals surface area contributed by atoms with Crippen molar-refractivity contribution in [1.29, 1.82) is 0 Å². The lowest BCUT2D eigenvalue weighted by molar-refractivity contribution is 0.427. The highest BCUT2D eigenvalue weighted by atomic mass is 35.5. The monoisotopic (exact) mass is 193 g/mol. The molecule has 0 aliphatic heterocycles. The molecule has 13 heavy (non-hydrogen) atoms. The summed E-state index contributed by atoms with van der Waals surface area (Å²) in [4.78, 5) is 0. The Balaban J connectivity index is 2.46. The molecule has 0 atom stereocenters. The van der Waals surface area contributed by atoms with Crippen molar-refractivity contribution in [3.8, 4) is 11.3 Å². The number of rotatable bonds is 1. The molecule has 0 unspecified atom stereocenters. The molecule has 0 fully saturated rings. The first-order valence-corrected chi connectivity index (χ1v) is 4.33. The molecule has 0 radical (unpaired) electrons. The first kappa shape index (κ1) is 8.32. The van der Waals surface area contributed by atoms with E-state index in [9.17, 15) is 0 Å². The minimum absolute atomic E-state index is 0.701. The Morgan fingerprint density at radius 2 is 2.15 bits per heavy atom. The van der Waals surface area contributed by atoms with E-state index in [-0.39, 0.29) is 0 Å². The highest BCUT2D eigenvalue weighted by Crippen LogP contribution is 2.22. The van der Waals surface area contributed by atoms with E-state index in [1.165, 1.54) is 0 Å². The van der Waals surface area contributed by atoms with E-state index in [0.29, 0.717) is 5.02 Å². The Morgan fingerprint density at radius 3 is 2.77 bits per heavy atom. The van der Waals surface area contributed by atoms with Gasteiger partial charge in [-0.25, -0.2) is 0 Å². The van der Waals surface area contributed by atoms with Crippen LogP contribution in [0.3, 0.4) is 0 Å². The molecular formula is C10H8ClNO. The maximum atomic E-state index is 5.84. The van der Waals surface area contributed by atoms with Crippen LogP contribution in [0, 0.1) is 6.92 Å². The standard InChI is InChI=1S/C10H8ClNO/c1-7-5-10(13-12-7)8-3-2-4-9(11)6-8/h2-6H,1H3. The molecular weight excluding hydrogens is 186 g/mol. The van der Waals surface area contributed by atoms with Gasteiger partial charge < -0.3 is 4.52 Å². The average Bonchev–Trinajstić information content (AvgIpc) is 2.52. The molecule has 2 nitrogen and oxygen atoms in total. The Bertz CT molecular complexity index is 422. The van der Waals surface area contributed by atoms with Crippen LogP contribution in [0.2, 0.25) is 5.02 Å². The largest absolute Gasteiger partial charge is 0.356 e. The summed E-state index contributed by atoms with van der Waals surface area (Å²) < 4.78 is 5.10. The number of hydrogen-bond acceptors (Lipinski definition) is 2. The summed E-state index contributed by atoms with van der Waals surface area (Å²) in [5, 5.41) is 4.51. The lowest BCUT2D eigenvalue weighted by atomic mass is 10.2. The van der Waals surface area contributed by atoms with E-state index in [4.69, 9.17) is 16.1 Å². The highest BCUT2D eigenvalue weighted by molar-refractivity contribution is 6.30. The predicted octanol–water partition coefficient (Wildman–Crippen LogP) is 3.30. The summed E-state index contributed by atoms with van der Waals surface area (Å²) in [5.41, 5.74) is 1.82. The summed E-state index contributed by atoms with van der Waals surface area (Å²) >= 11 is 5.84. The fourth-order valence-corrected chi connectivity index (χ4v) is 1.33. The van der Waals surface area contributed by atoms with Gasteiger partial charge in [0.2, 0.25) is 0 Å². The van der Waals surface area contributed by atoms with Crippen molar-refractivity contribution in [2.75, 3.05) is 0 Å². The number of halogens is 1. The van der Waals surface area contributed by atoms with Crippen LogP contribution in [0.1, 0.15) is 5.69 Å². The molecule has 0 aliphatic rings. The molecule has 1 aromatic heterocycles. The minimum Gasteiger partial charge on any atom is -0.356 e. The van der Waals surface area contributed by atoms with E-state index in [1.54, 1.807) is 0 Å². The van der Waals surface area contributed by atoms with Gasteiger partial charge in [0.05, 0.1) is 5.69 Å². The summed E-state index contributed by atoms with van der Waals surface area (Å²) in [6.45, 7) is 1.89. The van der Waals surface area contributed by atoms with Gasteiger partial charge in [0.1, 0.15) is 0 Å². The molecule has 0 saturated heterocycles. The second-order valence-corrected chi connectivity index (χ2v) is 3.28. The zero-order valence-electron chi connectivity index (χ0n) is 7.12. The van der Waals surface area contributed by atoms with E-state index in [0.717, 1.165) is 17.0 Å². The van der Waals surface area contributed by atoms with Crippen LogP contribution < -0.4 is 0 Å². The molecule has 3 heteroatoms. The lowest BCUT2D eigenvalue weighted by Gasteiger charge is -1.94. The molecule has 1 aromatic carbocycles. The number of benzene rings is 1. The van der Waals surface area contributed by atoms with Crippen molar-refractivity contribution in [2.45, 2.75) is 6.92 Å². The molecule has 2 rings (SSSR count). The third kappa shape index (κ3) is 1.73. The number of aromatic nitrogens is 1. The normalized spacial score (nSPS) is 10.3. The van der Waals surface area contributed by atoms with Gasteiger partial charge in [-0.05, 0) is 19.1 Å². The van der Waals surface area contributed by atoms with Gasteiger partial charge in [0.25, 0.3) is 0 Å². The average molecular weight is 194 g/mol. The van der Waals surface area contributed by atoms with Gasteiger partial charge in [-0.1, -0.05) is 28.9 Å². The Hall–Kier alpha value is -1.28. The Kier molecular flexibility index (Phi) is 2.07. The second kappa shape index (κ2) is 3.23. The van der Waals surface area contributed by atoms with E-state index in [1.807, 2.05) is 37.3 Å². The number of nitrogens with zero attached hydrogens (tertiary/aromatic N) is 1. The molecule has 0 bridgehead atoms. The van der Waals surface area contributed by atoms with Gasteiger partial charge >= 0.3 is 0 Å². The van der Waals surface area contributed by atoms with Gasteiger partial charge in [-0.3, -0.25) is 0 Å². The fraction of sp³-hybridized carbons (Fsp3) is 0.100. The number of aryl methyl sites for hydroxylation is 1. The van der Waals surface area contributed by atoms with Crippen molar-refractivity contribution < 1.29 is 4.52 Å². The Labute approximate surface area is 81.1 Å². The third-order valence-electron chi connectivity index (χ3n) is 1.74. The molecule has 0 amide bonds. The molecule has 0 aliphatic carbocycles. The maximum Gasteiger partial charge on any atom is 0.167 e. The predicted molar refractivity (Wildman–Crippen MR) is 51.7 cm³/mol. The van der Waals surface area contributed by atoms with Gasteiger partial charge in [-0.15, -0.1) is 0 Å². The van der Waals surface area contributed by atoms with Crippen LogP contribution in [0.15, 0.2) is 34.9 Å². The third-order valence-corrected chi connectivity index (χ3v) is 1.97. The molecule has 66 valence electrons. The van der Waals surface area contributed by atoms with Crippen molar-refractivity contribution in [2.24, 2.45) is 0 Å². The van der Waals surface area contributed by atoms with E-state index in [2.05, 4.69) is 5.16 Å². The highest BCUT2D eigenvalue weighted by Gasteiger charge is 2.03. The quantitative estimate of drug-likeness (QED) is 0.695. The van der Waals surface area contributed by atoms with E-state index < -0.39 is 0 Å².